The van der Waals surface area contributed by atoms with Crippen LogP contribution in [0.15, 0.2) is 30.4 Å². The number of benzene rings is 1. The Hall–Kier alpha value is -1.06. The molecule has 0 radical (unpaired) electrons. The zero-order chi connectivity index (χ0) is 10.4. The average Bonchev–Trinajstić information content (AvgIpc) is 2.23. The second-order valence-corrected chi connectivity index (χ2v) is 4.81. The molecule has 2 aliphatic rings. The van der Waals surface area contributed by atoms with Crippen LogP contribution in [-0.4, -0.2) is 16.8 Å². The normalized spacial score (nSPS) is 22.4. The van der Waals surface area contributed by atoms with Crippen LogP contribution in [0, 0.1) is 0 Å². The highest BCUT2D eigenvalue weighted by Gasteiger charge is 2.16. The summed E-state index contributed by atoms with van der Waals surface area (Å²) >= 11 is 3.63. The van der Waals surface area contributed by atoms with E-state index in [-0.39, 0.29) is 4.83 Å². The molecule has 15 heavy (non-hydrogen) atoms. The fourth-order valence-corrected chi connectivity index (χ4v) is 2.73. The van der Waals surface area contributed by atoms with Gasteiger partial charge in [-0.3, -0.25) is 10.3 Å². The van der Waals surface area contributed by atoms with E-state index in [4.69, 9.17) is 0 Å². The summed E-state index contributed by atoms with van der Waals surface area (Å²) in [5, 5.41) is 13.1. The highest BCUT2D eigenvalue weighted by Crippen LogP contribution is 2.25. The molecule has 0 fully saturated rings. The van der Waals surface area contributed by atoms with Gasteiger partial charge in [-0.15, -0.1) is 0 Å². The summed E-state index contributed by atoms with van der Waals surface area (Å²) in [6.07, 6.45) is 5.98. The molecule has 3 heteroatoms. The van der Waals surface area contributed by atoms with Crippen molar-refractivity contribution in [3.63, 3.8) is 0 Å². The maximum atomic E-state index is 9.55. The maximum Gasteiger partial charge on any atom is 0.0703 e. The van der Waals surface area contributed by atoms with E-state index in [9.17, 15) is 5.21 Å². The lowest BCUT2D eigenvalue weighted by Gasteiger charge is -2.22. The zero-order valence-corrected chi connectivity index (χ0v) is 9.61. The van der Waals surface area contributed by atoms with E-state index >= 15 is 0 Å². The SMILES string of the molecule is ON1C=c2cccc3c2=C(C=CC3Br)C1. The highest BCUT2D eigenvalue weighted by molar-refractivity contribution is 9.09. The van der Waals surface area contributed by atoms with E-state index in [1.807, 2.05) is 12.1 Å². The summed E-state index contributed by atoms with van der Waals surface area (Å²) in [5.74, 6) is 0. The quantitative estimate of drug-likeness (QED) is 0.714. The molecule has 0 spiro atoms. The Bertz CT molecular complexity index is 561. The molecule has 0 saturated carbocycles. The van der Waals surface area contributed by atoms with Gasteiger partial charge in [0.2, 0.25) is 0 Å². The monoisotopic (exact) mass is 263 g/mol. The molecule has 1 atom stereocenters. The lowest BCUT2D eigenvalue weighted by Crippen LogP contribution is -2.40. The minimum absolute atomic E-state index is 0.287. The Balaban J connectivity index is 2.46. The second kappa shape index (κ2) is 3.22. The van der Waals surface area contributed by atoms with Crippen LogP contribution in [0.2, 0.25) is 0 Å². The molecule has 1 heterocycles. The summed E-state index contributed by atoms with van der Waals surface area (Å²) in [7, 11) is 0. The lowest BCUT2D eigenvalue weighted by molar-refractivity contribution is -0.00747. The van der Waals surface area contributed by atoms with Crippen LogP contribution in [0.4, 0.5) is 0 Å². The summed E-state index contributed by atoms with van der Waals surface area (Å²) < 4.78 is 0. The topological polar surface area (TPSA) is 23.5 Å². The van der Waals surface area contributed by atoms with Crippen LogP contribution in [0.5, 0.6) is 0 Å². The molecular formula is C12H10BrNO. The minimum atomic E-state index is 0.287. The first kappa shape index (κ1) is 9.19. The molecule has 0 amide bonds. The molecule has 1 N–H and O–H groups in total. The third kappa shape index (κ3) is 1.34. The number of hydroxylamine groups is 2. The third-order valence-electron chi connectivity index (χ3n) is 2.83. The number of hydrogen-bond acceptors (Lipinski definition) is 2. The number of rotatable bonds is 0. The third-order valence-corrected chi connectivity index (χ3v) is 3.63. The molecule has 1 aliphatic carbocycles. The van der Waals surface area contributed by atoms with Crippen molar-refractivity contribution in [1.82, 2.24) is 5.06 Å². The summed E-state index contributed by atoms with van der Waals surface area (Å²) in [6, 6.07) is 6.18. The minimum Gasteiger partial charge on any atom is -0.289 e. The molecule has 2 nitrogen and oxygen atoms in total. The molecule has 1 unspecified atom stereocenters. The van der Waals surface area contributed by atoms with Crippen molar-refractivity contribution in [2.45, 2.75) is 4.83 Å². The molecule has 3 rings (SSSR count). The van der Waals surface area contributed by atoms with Crippen LogP contribution >= 0.6 is 15.9 Å². The maximum absolute atomic E-state index is 9.55. The smallest absolute Gasteiger partial charge is 0.0703 e. The van der Waals surface area contributed by atoms with Gasteiger partial charge in [-0.25, -0.2) is 0 Å². The van der Waals surface area contributed by atoms with E-state index in [0.29, 0.717) is 6.54 Å². The number of nitrogens with zero attached hydrogens (tertiary/aromatic N) is 1. The summed E-state index contributed by atoms with van der Waals surface area (Å²) in [4.78, 5) is 0.287. The van der Waals surface area contributed by atoms with E-state index in [0.717, 1.165) is 5.22 Å². The summed E-state index contributed by atoms with van der Waals surface area (Å²) in [5.41, 5.74) is 2.47. The van der Waals surface area contributed by atoms with Crippen molar-refractivity contribution in [3.05, 3.63) is 46.4 Å². The average molecular weight is 264 g/mol. The van der Waals surface area contributed by atoms with E-state index in [1.54, 1.807) is 6.20 Å². The van der Waals surface area contributed by atoms with Crippen molar-refractivity contribution >= 4 is 27.7 Å². The Labute approximate surface area is 95.9 Å². The van der Waals surface area contributed by atoms with E-state index in [1.165, 1.54) is 21.4 Å². The molecule has 1 aliphatic heterocycles. The Kier molecular flexibility index (Phi) is 1.97. The first-order valence-electron chi connectivity index (χ1n) is 4.87. The molecule has 0 aromatic heterocycles. The van der Waals surface area contributed by atoms with Gasteiger partial charge in [-0.2, -0.15) is 0 Å². The number of hydrogen-bond donors (Lipinski definition) is 1. The Morgan fingerprint density at radius 2 is 2.27 bits per heavy atom. The van der Waals surface area contributed by atoms with E-state index < -0.39 is 0 Å². The zero-order valence-electron chi connectivity index (χ0n) is 8.02. The fourth-order valence-electron chi connectivity index (χ4n) is 2.20. The van der Waals surface area contributed by atoms with Gasteiger partial charge in [-0.1, -0.05) is 46.3 Å². The molecule has 76 valence electrons. The first-order valence-corrected chi connectivity index (χ1v) is 5.79. The predicted octanol–water partition coefficient (Wildman–Crippen LogP) is 1.29. The highest BCUT2D eigenvalue weighted by atomic mass is 79.9. The van der Waals surface area contributed by atoms with Gasteiger partial charge >= 0.3 is 0 Å². The number of alkyl halides is 1. The van der Waals surface area contributed by atoms with Crippen LogP contribution < -0.4 is 10.4 Å². The predicted molar refractivity (Wildman–Crippen MR) is 62.9 cm³/mol. The van der Waals surface area contributed by atoms with Crippen LogP contribution in [0.3, 0.4) is 0 Å². The van der Waals surface area contributed by atoms with E-state index in [2.05, 4.69) is 34.1 Å². The number of halogens is 1. The van der Waals surface area contributed by atoms with Crippen LogP contribution in [0.1, 0.15) is 10.4 Å². The first-order chi connectivity index (χ1) is 7.25. The van der Waals surface area contributed by atoms with Crippen molar-refractivity contribution in [2.24, 2.45) is 0 Å². The Morgan fingerprint density at radius 3 is 3.13 bits per heavy atom. The lowest BCUT2D eigenvalue weighted by atomic mass is 9.96. The second-order valence-electron chi connectivity index (χ2n) is 3.82. The fraction of sp³-hybridized carbons (Fsp3) is 0.167. The van der Waals surface area contributed by atoms with Crippen LogP contribution in [-0.2, 0) is 0 Å². The van der Waals surface area contributed by atoms with Gasteiger partial charge < -0.3 is 0 Å². The molecule has 0 bridgehead atoms. The largest absolute Gasteiger partial charge is 0.289 e. The van der Waals surface area contributed by atoms with Gasteiger partial charge in [0.25, 0.3) is 0 Å². The summed E-state index contributed by atoms with van der Waals surface area (Å²) in [6.45, 7) is 0.570. The molecular weight excluding hydrogens is 254 g/mol. The van der Waals surface area contributed by atoms with Gasteiger partial charge in [0.15, 0.2) is 0 Å². The van der Waals surface area contributed by atoms with Gasteiger partial charge in [0, 0.05) is 11.4 Å². The van der Waals surface area contributed by atoms with Crippen molar-refractivity contribution < 1.29 is 5.21 Å². The number of allylic oxidation sites excluding steroid dienone is 1. The standard InChI is InChI=1S/C12H10BrNO/c13-11-5-4-9-7-14(15)6-8-2-1-3-10(11)12(8)9/h1-6,11,15H,7H2. The Morgan fingerprint density at radius 1 is 1.40 bits per heavy atom. The van der Waals surface area contributed by atoms with Gasteiger partial charge in [-0.05, 0) is 16.4 Å². The van der Waals surface area contributed by atoms with Crippen molar-refractivity contribution in [2.75, 3.05) is 6.54 Å². The molecule has 1 aromatic rings. The van der Waals surface area contributed by atoms with Crippen molar-refractivity contribution in [3.8, 4) is 0 Å². The van der Waals surface area contributed by atoms with Crippen molar-refractivity contribution in [1.29, 1.82) is 0 Å². The van der Waals surface area contributed by atoms with Gasteiger partial charge in [0.1, 0.15) is 0 Å². The molecule has 0 saturated heterocycles. The van der Waals surface area contributed by atoms with Gasteiger partial charge in [0.05, 0.1) is 11.4 Å². The molecule has 1 aromatic carbocycles. The van der Waals surface area contributed by atoms with Crippen LogP contribution in [0.25, 0.3) is 11.8 Å².